The van der Waals surface area contributed by atoms with Crippen molar-refractivity contribution in [2.45, 2.75) is 19.9 Å². The molecular formula is C20H20FN3O3. The number of carbonyl (C=O) groups is 2. The first-order valence-electron chi connectivity index (χ1n) is 8.56. The fourth-order valence-corrected chi connectivity index (χ4v) is 2.92. The number of urea groups is 1. The Morgan fingerprint density at radius 1 is 1.19 bits per heavy atom. The number of hydrogen-bond donors (Lipinski definition) is 3. The Bertz CT molecular complexity index is 894. The van der Waals surface area contributed by atoms with Crippen molar-refractivity contribution >= 4 is 17.6 Å². The summed E-state index contributed by atoms with van der Waals surface area (Å²) in [7, 11) is 0. The monoisotopic (exact) mass is 369 g/mol. The first kappa shape index (κ1) is 18.4. The summed E-state index contributed by atoms with van der Waals surface area (Å²) in [5, 5.41) is 7.90. The first-order valence-corrected chi connectivity index (χ1v) is 8.56. The van der Waals surface area contributed by atoms with Crippen LogP contribution < -0.4 is 20.7 Å². The summed E-state index contributed by atoms with van der Waals surface area (Å²) in [5.41, 5.74) is 1.50. The smallest absolute Gasteiger partial charge is 0.319 e. The van der Waals surface area contributed by atoms with Crippen LogP contribution in [-0.4, -0.2) is 18.5 Å². The molecule has 3 N–H and O–H groups in total. The van der Waals surface area contributed by atoms with Gasteiger partial charge in [0.15, 0.2) is 0 Å². The summed E-state index contributed by atoms with van der Waals surface area (Å²) in [4.78, 5) is 24.8. The minimum Gasteiger partial charge on any atom is -0.494 e. The van der Waals surface area contributed by atoms with Crippen LogP contribution in [0.2, 0.25) is 0 Å². The van der Waals surface area contributed by atoms with Crippen LogP contribution in [0, 0.1) is 5.82 Å². The molecule has 0 unspecified atom stereocenters. The highest BCUT2D eigenvalue weighted by Gasteiger charge is 2.31. The van der Waals surface area contributed by atoms with Gasteiger partial charge >= 0.3 is 6.03 Å². The molecule has 0 saturated heterocycles. The number of rotatable bonds is 5. The molecule has 6 nitrogen and oxygen atoms in total. The number of allylic oxidation sites excluding steroid dienone is 1. The van der Waals surface area contributed by atoms with Crippen molar-refractivity contribution in [2.24, 2.45) is 0 Å². The summed E-state index contributed by atoms with van der Waals surface area (Å²) < 4.78 is 19.3. The average molecular weight is 369 g/mol. The van der Waals surface area contributed by atoms with Crippen molar-refractivity contribution < 1.29 is 18.7 Å². The van der Waals surface area contributed by atoms with Crippen molar-refractivity contribution in [1.82, 2.24) is 10.6 Å². The van der Waals surface area contributed by atoms with E-state index in [2.05, 4.69) is 16.0 Å². The lowest BCUT2D eigenvalue weighted by atomic mass is 9.94. The zero-order valence-electron chi connectivity index (χ0n) is 15.0. The molecule has 1 atom stereocenters. The van der Waals surface area contributed by atoms with Crippen molar-refractivity contribution in [1.29, 1.82) is 0 Å². The van der Waals surface area contributed by atoms with Crippen molar-refractivity contribution in [3.63, 3.8) is 0 Å². The number of ether oxygens (including phenoxy) is 1. The topological polar surface area (TPSA) is 79.5 Å². The number of nitrogens with one attached hydrogen (secondary N) is 3. The van der Waals surface area contributed by atoms with Crippen LogP contribution in [0.1, 0.15) is 25.5 Å². The SMILES string of the molecule is CCOc1ccc([C@H]2NC(=O)NC(C)=C2C(=O)Nc2ccccc2F)cc1. The molecule has 0 aliphatic carbocycles. The zero-order valence-corrected chi connectivity index (χ0v) is 15.0. The van der Waals surface area contributed by atoms with Crippen LogP contribution in [0.15, 0.2) is 59.8 Å². The lowest BCUT2D eigenvalue weighted by Gasteiger charge is -2.28. The quantitative estimate of drug-likeness (QED) is 0.755. The number of para-hydroxylation sites is 1. The Morgan fingerprint density at radius 3 is 2.56 bits per heavy atom. The second-order valence-corrected chi connectivity index (χ2v) is 6.01. The molecule has 1 aliphatic rings. The summed E-state index contributed by atoms with van der Waals surface area (Å²) in [6, 6.07) is 12.0. The van der Waals surface area contributed by atoms with Crippen LogP contribution in [0.25, 0.3) is 0 Å². The molecule has 27 heavy (non-hydrogen) atoms. The predicted molar refractivity (Wildman–Crippen MR) is 99.7 cm³/mol. The summed E-state index contributed by atoms with van der Waals surface area (Å²) >= 11 is 0. The molecule has 0 radical (unpaired) electrons. The number of benzene rings is 2. The highest BCUT2D eigenvalue weighted by Crippen LogP contribution is 2.29. The standard InChI is InChI=1S/C20H20FN3O3/c1-3-27-14-10-8-13(9-11-14)18-17(12(2)22-20(26)24-18)19(25)23-16-7-5-4-6-15(16)21/h4-11,18H,3H2,1-2H3,(H,23,25)(H2,22,24,26)/t18-/m1/s1. The first-order chi connectivity index (χ1) is 13.0. The van der Waals surface area contributed by atoms with E-state index in [4.69, 9.17) is 4.74 Å². The van der Waals surface area contributed by atoms with Crippen molar-refractivity contribution in [3.05, 3.63) is 71.2 Å². The van der Waals surface area contributed by atoms with Gasteiger partial charge < -0.3 is 20.7 Å². The van der Waals surface area contributed by atoms with E-state index >= 15 is 0 Å². The second-order valence-electron chi connectivity index (χ2n) is 6.01. The second kappa shape index (κ2) is 7.90. The van der Waals surface area contributed by atoms with Crippen molar-refractivity contribution in [2.75, 3.05) is 11.9 Å². The Hall–Kier alpha value is -3.35. The van der Waals surface area contributed by atoms with Crippen LogP contribution in [0.3, 0.4) is 0 Å². The van der Waals surface area contributed by atoms with Gasteiger partial charge in [-0.1, -0.05) is 24.3 Å². The molecule has 0 spiro atoms. The Kier molecular flexibility index (Phi) is 5.40. The molecule has 140 valence electrons. The highest BCUT2D eigenvalue weighted by molar-refractivity contribution is 6.06. The van der Waals surface area contributed by atoms with Gasteiger partial charge in [-0.15, -0.1) is 0 Å². The lowest BCUT2D eigenvalue weighted by Crippen LogP contribution is -2.46. The van der Waals surface area contributed by atoms with Gasteiger partial charge in [-0.2, -0.15) is 0 Å². The molecule has 0 aromatic heterocycles. The van der Waals surface area contributed by atoms with Gasteiger partial charge in [-0.25, -0.2) is 9.18 Å². The molecule has 3 amide bonds. The summed E-state index contributed by atoms with van der Waals surface area (Å²) in [6.07, 6.45) is 0. The average Bonchev–Trinajstić information content (AvgIpc) is 2.64. The number of halogens is 1. The Labute approximate surface area is 156 Å². The Balaban J connectivity index is 1.91. The molecule has 3 rings (SSSR count). The van der Waals surface area contributed by atoms with Crippen LogP contribution in [-0.2, 0) is 4.79 Å². The van der Waals surface area contributed by atoms with Gasteiger partial charge in [0.05, 0.1) is 23.9 Å². The van der Waals surface area contributed by atoms with Gasteiger partial charge in [0.2, 0.25) is 0 Å². The zero-order chi connectivity index (χ0) is 19.4. The van der Waals surface area contributed by atoms with E-state index in [1.165, 1.54) is 12.1 Å². The Morgan fingerprint density at radius 2 is 1.89 bits per heavy atom. The maximum absolute atomic E-state index is 13.9. The van der Waals surface area contributed by atoms with Gasteiger partial charge in [-0.05, 0) is 43.7 Å². The number of carbonyl (C=O) groups excluding carboxylic acids is 2. The molecule has 0 saturated carbocycles. The molecule has 0 bridgehead atoms. The number of anilines is 1. The maximum Gasteiger partial charge on any atom is 0.319 e. The van der Waals surface area contributed by atoms with Crippen LogP contribution >= 0.6 is 0 Å². The molecule has 2 aromatic carbocycles. The van der Waals surface area contributed by atoms with Gasteiger partial charge in [0.25, 0.3) is 5.91 Å². The molecule has 2 aromatic rings. The summed E-state index contributed by atoms with van der Waals surface area (Å²) in [6.45, 7) is 4.06. The third-order valence-corrected chi connectivity index (χ3v) is 4.16. The minimum atomic E-state index is -0.666. The third kappa shape index (κ3) is 4.08. The van der Waals surface area contributed by atoms with Crippen LogP contribution in [0.4, 0.5) is 14.9 Å². The molecule has 0 fully saturated rings. The third-order valence-electron chi connectivity index (χ3n) is 4.16. The van der Waals surface area contributed by atoms with E-state index in [1.54, 1.807) is 43.3 Å². The molecule has 1 aliphatic heterocycles. The lowest BCUT2D eigenvalue weighted by molar-refractivity contribution is -0.113. The van der Waals surface area contributed by atoms with Gasteiger partial charge in [-0.3, -0.25) is 4.79 Å². The largest absolute Gasteiger partial charge is 0.494 e. The van der Waals surface area contributed by atoms with Gasteiger partial charge in [0.1, 0.15) is 11.6 Å². The van der Waals surface area contributed by atoms with Gasteiger partial charge in [0, 0.05) is 5.70 Å². The van der Waals surface area contributed by atoms with E-state index in [0.29, 0.717) is 29.2 Å². The summed E-state index contributed by atoms with van der Waals surface area (Å²) in [5.74, 6) is -0.335. The minimum absolute atomic E-state index is 0.0742. The normalized spacial score (nSPS) is 16.4. The van der Waals surface area contributed by atoms with Crippen molar-refractivity contribution in [3.8, 4) is 5.75 Å². The van der Waals surface area contributed by atoms with E-state index < -0.39 is 23.8 Å². The van der Waals surface area contributed by atoms with E-state index in [-0.39, 0.29) is 5.69 Å². The predicted octanol–water partition coefficient (Wildman–Crippen LogP) is 3.49. The molecule has 1 heterocycles. The highest BCUT2D eigenvalue weighted by atomic mass is 19.1. The fraction of sp³-hybridized carbons (Fsp3) is 0.200. The fourth-order valence-electron chi connectivity index (χ4n) is 2.92. The maximum atomic E-state index is 13.9. The van der Waals surface area contributed by atoms with E-state index in [1.807, 2.05) is 6.92 Å². The number of amides is 3. The molecule has 7 heteroatoms. The van der Waals surface area contributed by atoms with E-state index in [9.17, 15) is 14.0 Å². The molecular weight excluding hydrogens is 349 g/mol. The van der Waals surface area contributed by atoms with Crippen LogP contribution in [0.5, 0.6) is 5.75 Å². The van der Waals surface area contributed by atoms with E-state index in [0.717, 1.165) is 0 Å². The number of hydrogen-bond acceptors (Lipinski definition) is 3.